The molecule has 0 aromatic heterocycles. The Morgan fingerprint density at radius 3 is 2.06 bits per heavy atom. The zero-order chi connectivity index (χ0) is 13.5. The number of epoxide rings is 2. The predicted octanol–water partition coefficient (Wildman–Crippen LogP) is -0.103. The third kappa shape index (κ3) is 6.70. The lowest BCUT2D eigenvalue weighted by Crippen LogP contribution is -2.14. The summed E-state index contributed by atoms with van der Waals surface area (Å²) in [5, 5.41) is 8.72. The van der Waals surface area contributed by atoms with Gasteiger partial charge < -0.3 is 24.1 Å². The minimum absolute atomic E-state index is 0.0810. The smallest absolute Gasteiger partial charge is 0.335 e. The number of methoxy groups -OCH3 is 1. The van der Waals surface area contributed by atoms with Crippen molar-refractivity contribution in [1.29, 1.82) is 0 Å². The molecule has 2 fully saturated rings. The van der Waals surface area contributed by atoms with E-state index in [-0.39, 0.29) is 5.57 Å². The molecule has 2 heterocycles. The molecule has 0 aliphatic carbocycles. The first-order valence-corrected chi connectivity index (χ1v) is 5.80. The van der Waals surface area contributed by atoms with Gasteiger partial charge in [-0.1, -0.05) is 6.58 Å². The van der Waals surface area contributed by atoms with Crippen LogP contribution in [-0.2, 0) is 23.7 Å². The number of hydrogen-bond donors (Lipinski definition) is 1. The summed E-state index contributed by atoms with van der Waals surface area (Å²) in [6.45, 7) is 8.02. The van der Waals surface area contributed by atoms with Gasteiger partial charge in [0.25, 0.3) is 0 Å². The number of carbonyl (C=O) groups excluding carboxylic acids is 1. The molecule has 0 radical (unpaired) electrons. The lowest BCUT2D eigenvalue weighted by atomic mass is 10.2. The number of aliphatic hydroxyl groups excluding tert-OH is 1. The maximum absolute atomic E-state index is 10.5. The average Bonchev–Trinajstić information content (AvgIpc) is 3.21. The van der Waals surface area contributed by atoms with Crippen LogP contribution in [0.3, 0.4) is 0 Å². The molecule has 18 heavy (non-hydrogen) atoms. The van der Waals surface area contributed by atoms with Crippen molar-refractivity contribution in [3.63, 3.8) is 0 Å². The van der Waals surface area contributed by atoms with E-state index in [0.717, 1.165) is 26.4 Å². The van der Waals surface area contributed by atoms with E-state index in [2.05, 4.69) is 11.3 Å². The predicted molar refractivity (Wildman–Crippen MR) is 63.1 cm³/mol. The van der Waals surface area contributed by atoms with Gasteiger partial charge in [-0.2, -0.15) is 0 Å². The highest BCUT2D eigenvalue weighted by Crippen LogP contribution is 2.12. The molecule has 2 aliphatic heterocycles. The molecule has 0 amide bonds. The minimum atomic E-state index is -0.822. The molecule has 6 heteroatoms. The number of carbonyl (C=O) groups is 1. The fraction of sp³-hybridized carbons (Fsp3) is 0.750. The number of hydrogen-bond acceptors (Lipinski definition) is 6. The molecule has 1 N–H and O–H groups in total. The highest BCUT2D eigenvalue weighted by atomic mass is 16.6. The monoisotopic (exact) mass is 260 g/mol. The molecule has 0 aromatic carbocycles. The van der Waals surface area contributed by atoms with Crippen molar-refractivity contribution < 1.29 is 28.8 Å². The van der Waals surface area contributed by atoms with E-state index < -0.39 is 12.1 Å². The quantitative estimate of drug-likeness (QED) is 0.408. The number of rotatable bonds is 6. The van der Waals surface area contributed by atoms with Gasteiger partial charge in [-0.25, -0.2) is 4.79 Å². The number of ether oxygens (including phenoxy) is 4. The zero-order valence-electron chi connectivity index (χ0n) is 10.8. The van der Waals surface area contributed by atoms with E-state index in [0.29, 0.717) is 12.2 Å². The largest absolute Gasteiger partial charge is 0.466 e. The van der Waals surface area contributed by atoms with Crippen LogP contribution >= 0.6 is 0 Å². The molecule has 104 valence electrons. The van der Waals surface area contributed by atoms with Crippen LogP contribution in [0.2, 0.25) is 0 Å². The normalized spacial score (nSPS) is 25.5. The van der Waals surface area contributed by atoms with Crippen LogP contribution in [0.5, 0.6) is 0 Å². The molecular weight excluding hydrogens is 240 g/mol. The molecule has 6 nitrogen and oxygen atoms in total. The van der Waals surface area contributed by atoms with Crippen LogP contribution in [0.15, 0.2) is 12.2 Å². The molecule has 2 aliphatic rings. The second-order valence-electron chi connectivity index (χ2n) is 4.14. The number of esters is 1. The van der Waals surface area contributed by atoms with E-state index in [4.69, 9.17) is 19.3 Å². The zero-order valence-corrected chi connectivity index (χ0v) is 10.8. The summed E-state index contributed by atoms with van der Waals surface area (Å²) in [5.74, 6) is -0.565. The average molecular weight is 260 g/mol. The highest BCUT2D eigenvalue weighted by molar-refractivity contribution is 5.88. The van der Waals surface area contributed by atoms with Crippen LogP contribution in [0.25, 0.3) is 0 Å². The van der Waals surface area contributed by atoms with Crippen molar-refractivity contribution in [2.45, 2.75) is 25.2 Å². The van der Waals surface area contributed by atoms with Crippen molar-refractivity contribution in [3.05, 3.63) is 12.2 Å². The molecule has 2 saturated heterocycles. The van der Waals surface area contributed by atoms with Crippen LogP contribution < -0.4 is 0 Å². The summed E-state index contributed by atoms with van der Waals surface area (Å²) in [4.78, 5) is 10.5. The van der Waals surface area contributed by atoms with E-state index in [1.54, 1.807) is 0 Å². The van der Waals surface area contributed by atoms with Gasteiger partial charge in [0.1, 0.15) is 12.2 Å². The van der Waals surface area contributed by atoms with Gasteiger partial charge in [-0.3, -0.25) is 0 Å². The minimum Gasteiger partial charge on any atom is -0.466 e. The van der Waals surface area contributed by atoms with Crippen molar-refractivity contribution >= 4 is 5.97 Å². The summed E-state index contributed by atoms with van der Waals surface area (Å²) in [7, 11) is 1.25. The first kappa shape index (κ1) is 15.1. The Balaban J connectivity index is 0.000000180. The third-order valence-corrected chi connectivity index (χ3v) is 2.36. The van der Waals surface area contributed by atoms with Gasteiger partial charge in [0.15, 0.2) is 0 Å². The first-order valence-electron chi connectivity index (χ1n) is 5.80. The van der Waals surface area contributed by atoms with Gasteiger partial charge in [-0.15, -0.1) is 0 Å². The Morgan fingerprint density at radius 2 is 1.83 bits per heavy atom. The summed E-state index contributed by atoms with van der Waals surface area (Å²) >= 11 is 0. The maximum Gasteiger partial charge on any atom is 0.335 e. The van der Waals surface area contributed by atoms with Gasteiger partial charge in [-0.05, 0) is 6.92 Å². The Hall–Kier alpha value is -0.950. The molecule has 0 saturated carbocycles. The van der Waals surface area contributed by atoms with E-state index >= 15 is 0 Å². The SMILES string of the molecule is C(OCC1CO1)C1CO1.C=C(C(=O)OC)C(C)O. The van der Waals surface area contributed by atoms with E-state index in [9.17, 15) is 4.79 Å². The summed E-state index contributed by atoms with van der Waals surface area (Å²) in [5.41, 5.74) is 0.0810. The van der Waals surface area contributed by atoms with Crippen LogP contribution in [0.4, 0.5) is 0 Å². The van der Waals surface area contributed by atoms with E-state index in [1.165, 1.54) is 14.0 Å². The fourth-order valence-electron chi connectivity index (χ4n) is 0.961. The van der Waals surface area contributed by atoms with Crippen molar-refractivity contribution in [1.82, 2.24) is 0 Å². The van der Waals surface area contributed by atoms with Gasteiger partial charge in [0, 0.05) is 0 Å². The Morgan fingerprint density at radius 1 is 1.39 bits per heavy atom. The van der Waals surface area contributed by atoms with Gasteiger partial charge >= 0.3 is 5.97 Å². The number of aliphatic hydroxyl groups is 1. The fourth-order valence-corrected chi connectivity index (χ4v) is 0.961. The topological polar surface area (TPSA) is 80.8 Å². The maximum atomic E-state index is 10.5. The molecule has 0 spiro atoms. The van der Waals surface area contributed by atoms with Crippen LogP contribution in [-0.4, -0.2) is 62.9 Å². The highest BCUT2D eigenvalue weighted by Gasteiger charge is 2.26. The summed E-state index contributed by atoms with van der Waals surface area (Å²) in [6.07, 6.45) is -0.0371. The standard InChI is InChI=1S/2C6H10O3/c1(5-3-8-5)7-2-6-4-9-6;1-4(5(2)7)6(8)9-3/h5-6H,1-4H2;5,7H,1H2,2-3H3. The van der Waals surface area contributed by atoms with Crippen molar-refractivity contribution in [2.24, 2.45) is 0 Å². The lowest BCUT2D eigenvalue weighted by Gasteiger charge is -2.03. The summed E-state index contributed by atoms with van der Waals surface area (Å²) < 4.78 is 19.4. The third-order valence-electron chi connectivity index (χ3n) is 2.36. The second-order valence-corrected chi connectivity index (χ2v) is 4.14. The molecule has 3 unspecified atom stereocenters. The van der Waals surface area contributed by atoms with E-state index in [1.807, 2.05) is 0 Å². The molecule has 0 aromatic rings. The van der Waals surface area contributed by atoms with Crippen LogP contribution in [0.1, 0.15) is 6.92 Å². The Kier molecular flexibility index (Phi) is 6.28. The van der Waals surface area contributed by atoms with Crippen LogP contribution in [0, 0.1) is 0 Å². The molecular formula is C12H20O6. The van der Waals surface area contributed by atoms with Gasteiger partial charge in [0.2, 0.25) is 0 Å². The second kappa shape index (κ2) is 7.48. The van der Waals surface area contributed by atoms with Gasteiger partial charge in [0.05, 0.1) is 45.2 Å². The first-order chi connectivity index (χ1) is 8.54. The summed E-state index contributed by atoms with van der Waals surface area (Å²) in [6, 6.07) is 0. The molecule has 2 rings (SSSR count). The lowest BCUT2D eigenvalue weighted by molar-refractivity contribution is -0.137. The van der Waals surface area contributed by atoms with Crippen molar-refractivity contribution in [3.8, 4) is 0 Å². The molecule has 3 atom stereocenters. The Bertz CT molecular complexity index is 268. The molecule has 0 bridgehead atoms. The Labute approximate surface area is 106 Å². The van der Waals surface area contributed by atoms with Crippen molar-refractivity contribution in [2.75, 3.05) is 33.5 Å².